The molecule has 0 spiro atoms. The molecule has 0 bridgehead atoms. The van der Waals surface area contributed by atoms with Crippen LogP contribution in [0.2, 0.25) is 0 Å². The van der Waals surface area contributed by atoms with Crippen molar-refractivity contribution in [2.75, 3.05) is 66.6 Å². The van der Waals surface area contributed by atoms with E-state index in [1.165, 1.54) is 79.9 Å². The van der Waals surface area contributed by atoms with E-state index < -0.39 is 35.8 Å². The van der Waals surface area contributed by atoms with Crippen molar-refractivity contribution in [2.45, 2.75) is 45.4 Å². The first-order chi connectivity index (χ1) is 27.5. The summed E-state index contributed by atoms with van der Waals surface area (Å²) in [6.45, 7) is 4.12. The number of rotatable bonds is 27. The van der Waals surface area contributed by atoms with Gasteiger partial charge in [-0.3, -0.25) is 0 Å². The number of hydrogen-bond acceptors (Lipinski definition) is 13. The third kappa shape index (κ3) is 16.2. The highest BCUT2D eigenvalue weighted by Gasteiger charge is 2.27. The Morgan fingerprint density at radius 1 is 0.439 bits per heavy atom. The van der Waals surface area contributed by atoms with Gasteiger partial charge in [0.15, 0.2) is 0 Å². The minimum Gasteiger partial charge on any atom is -0.478 e. The van der Waals surface area contributed by atoms with Gasteiger partial charge in [0.05, 0.1) is 60.3 Å². The largest absolute Gasteiger partial charge is 0.478 e. The average Bonchev–Trinajstić information content (AvgIpc) is 3.23. The van der Waals surface area contributed by atoms with Gasteiger partial charge in [-0.05, 0) is 110 Å². The summed E-state index contributed by atoms with van der Waals surface area (Å²) in [5.41, 5.74) is 1.14. The van der Waals surface area contributed by atoms with Crippen LogP contribution in [-0.4, -0.2) is 113 Å². The summed E-state index contributed by atoms with van der Waals surface area (Å²) in [6.07, 6.45) is 4.67. The molecule has 3 rings (SSSR count). The molecule has 0 saturated carbocycles. The lowest BCUT2D eigenvalue weighted by atomic mass is 9.74. The van der Waals surface area contributed by atoms with E-state index in [9.17, 15) is 28.8 Å². The Bertz CT molecular complexity index is 1740. The molecule has 0 aromatic heterocycles. The summed E-state index contributed by atoms with van der Waals surface area (Å²) < 4.78 is 37.8. The van der Waals surface area contributed by atoms with Gasteiger partial charge in [0, 0.05) is 19.8 Å². The van der Waals surface area contributed by atoms with Crippen molar-refractivity contribution in [1.82, 2.24) is 0 Å². The van der Waals surface area contributed by atoms with Crippen LogP contribution in [0.1, 0.15) is 108 Å². The smallest absolute Gasteiger partial charge is 0.338 e. The van der Waals surface area contributed by atoms with Gasteiger partial charge in [-0.1, -0.05) is 13.3 Å². The lowest BCUT2D eigenvalue weighted by Crippen LogP contribution is -2.24. The van der Waals surface area contributed by atoms with Crippen molar-refractivity contribution in [1.29, 1.82) is 0 Å². The highest BCUT2D eigenvalue weighted by atomic mass is 16.6. The summed E-state index contributed by atoms with van der Waals surface area (Å²) in [5, 5.41) is 18.1. The molecule has 0 aliphatic heterocycles. The van der Waals surface area contributed by atoms with Crippen LogP contribution in [0, 0.1) is 5.41 Å². The van der Waals surface area contributed by atoms with Crippen LogP contribution < -0.4 is 0 Å². The summed E-state index contributed by atoms with van der Waals surface area (Å²) in [6, 6.07) is 16.9. The fourth-order valence-electron chi connectivity index (χ4n) is 5.79. The second-order valence-corrected chi connectivity index (χ2v) is 12.9. The molecule has 0 radical (unpaired) electrons. The predicted molar refractivity (Wildman–Crippen MR) is 204 cm³/mol. The van der Waals surface area contributed by atoms with Gasteiger partial charge in [-0.2, -0.15) is 0 Å². The number of carbonyl (C=O) groups excluding carboxylic acids is 4. The van der Waals surface area contributed by atoms with Crippen molar-refractivity contribution in [3.8, 4) is 0 Å². The first-order valence-corrected chi connectivity index (χ1v) is 18.6. The molecule has 15 heteroatoms. The Hall–Kier alpha value is -5.64. The van der Waals surface area contributed by atoms with Crippen molar-refractivity contribution in [2.24, 2.45) is 5.41 Å². The van der Waals surface area contributed by atoms with Crippen molar-refractivity contribution in [3.63, 3.8) is 0 Å². The van der Waals surface area contributed by atoms with Gasteiger partial charge in [0.2, 0.25) is 0 Å². The molecule has 15 nitrogen and oxygen atoms in total. The first kappa shape index (κ1) is 45.7. The number of benzene rings is 3. The Labute approximate surface area is 331 Å². The zero-order chi connectivity index (χ0) is 41.5. The Morgan fingerprint density at radius 3 is 1.07 bits per heavy atom. The summed E-state index contributed by atoms with van der Waals surface area (Å²) in [4.78, 5) is 70.6. The third-order valence-electron chi connectivity index (χ3n) is 9.18. The summed E-state index contributed by atoms with van der Waals surface area (Å²) in [7, 11) is 1.28. The first-order valence-electron chi connectivity index (χ1n) is 18.6. The van der Waals surface area contributed by atoms with Gasteiger partial charge >= 0.3 is 35.8 Å². The zero-order valence-electron chi connectivity index (χ0n) is 32.2. The van der Waals surface area contributed by atoms with Gasteiger partial charge in [-0.15, -0.1) is 0 Å². The third-order valence-corrected chi connectivity index (χ3v) is 9.18. The van der Waals surface area contributed by atoms with Gasteiger partial charge < -0.3 is 43.4 Å². The lowest BCUT2D eigenvalue weighted by molar-refractivity contribution is 0.0167. The molecule has 0 amide bonds. The van der Waals surface area contributed by atoms with E-state index in [0.29, 0.717) is 30.9 Å². The van der Waals surface area contributed by atoms with E-state index in [2.05, 4.69) is 11.7 Å². The Morgan fingerprint density at radius 2 is 0.754 bits per heavy atom. The fourth-order valence-corrected chi connectivity index (χ4v) is 5.79. The second-order valence-electron chi connectivity index (χ2n) is 12.9. The number of carboxylic acids is 2. The Kier molecular flexibility index (Phi) is 19.9. The van der Waals surface area contributed by atoms with Crippen molar-refractivity contribution >= 4 is 35.8 Å². The second kappa shape index (κ2) is 24.8. The molecule has 0 heterocycles. The van der Waals surface area contributed by atoms with Crippen molar-refractivity contribution in [3.05, 3.63) is 106 Å². The molecule has 3 aromatic carbocycles. The lowest BCUT2D eigenvalue weighted by Gasteiger charge is -2.33. The van der Waals surface area contributed by atoms with Crippen LogP contribution in [0.25, 0.3) is 0 Å². The van der Waals surface area contributed by atoms with Crippen LogP contribution >= 0.6 is 0 Å². The Balaban J connectivity index is 1.41. The number of ether oxygens (including phenoxy) is 7. The SMILES string of the molecule is CCC(CCCOCCOC(=O)c1ccc(C(=O)O)cc1)(CCCOCCOC(=O)c1ccc(C(=O)OC)cc1)CCOCCOC(=O)c1ccc(C(=O)O)cc1. The van der Waals surface area contributed by atoms with Gasteiger partial charge in [0.25, 0.3) is 0 Å². The number of hydrogen-bond donors (Lipinski definition) is 2. The number of aromatic carboxylic acids is 2. The van der Waals surface area contributed by atoms with Crippen LogP contribution in [-0.2, 0) is 33.2 Å². The monoisotopic (exact) mass is 794 g/mol. The normalized spacial score (nSPS) is 11.9. The van der Waals surface area contributed by atoms with Gasteiger partial charge in [-0.25, -0.2) is 28.8 Å². The maximum absolute atomic E-state index is 12.4. The summed E-state index contributed by atoms with van der Waals surface area (Å²) >= 11 is 0. The number of carbonyl (C=O) groups is 6. The number of carboxylic acid groups (broad SMARTS) is 2. The molecule has 0 aliphatic rings. The maximum atomic E-state index is 12.4. The molecule has 57 heavy (non-hydrogen) atoms. The number of esters is 4. The van der Waals surface area contributed by atoms with Gasteiger partial charge in [0.1, 0.15) is 19.8 Å². The van der Waals surface area contributed by atoms with Crippen molar-refractivity contribution < 1.29 is 72.1 Å². The molecular formula is C42H50O15. The molecule has 1 unspecified atom stereocenters. The predicted octanol–water partition coefficient (Wildman–Crippen LogP) is 6.14. The average molecular weight is 795 g/mol. The minimum atomic E-state index is -1.09. The van der Waals surface area contributed by atoms with E-state index in [0.717, 1.165) is 38.5 Å². The number of methoxy groups -OCH3 is 1. The molecule has 1 atom stereocenters. The molecular weight excluding hydrogens is 744 g/mol. The summed E-state index contributed by atoms with van der Waals surface area (Å²) in [5.74, 6) is -4.35. The van der Waals surface area contributed by atoms with Crippen LogP contribution in [0.3, 0.4) is 0 Å². The fraction of sp³-hybridized carbons (Fsp3) is 0.429. The van der Waals surface area contributed by atoms with E-state index >= 15 is 0 Å². The van der Waals surface area contributed by atoms with E-state index in [4.69, 9.17) is 38.6 Å². The zero-order valence-corrected chi connectivity index (χ0v) is 32.2. The van der Waals surface area contributed by atoms with Crippen LogP contribution in [0.4, 0.5) is 0 Å². The molecule has 0 aliphatic carbocycles. The molecule has 0 saturated heterocycles. The van der Waals surface area contributed by atoms with E-state index in [-0.39, 0.29) is 67.3 Å². The van der Waals surface area contributed by atoms with E-state index in [1.807, 2.05) is 0 Å². The highest BCUT2D eigenvalue weighted by Crippen LogP contribution is 2.37. The highest BCUT2D eigenvalue weighted by molar-refractivity contribution is 5.94. The van der Waals surface area contributed by atoms with Crippen LogP contribution in [0.15, 0.2) is 72.8 Å². The molecule has 0 fully saturated rings. The molecule has 308 valence electrons. The quantitative estimate of drug-likeness (QED) is 0.0505. The van der Waals surface area contributed by atoms with Crippen LogP contribution in [0.5, 0.6) is 0 Å². The molecule has 2 N–H and O–H groups in total. The topological polar surface area (TPSA) is 207 Å². The maximum Gasteiger partial charge on any atom is 0.338 e. The minimum absolute atomic E-state index is 0.0297. The van der Waals surface area contributed by atoms with E-state index in [1.54, 1.807) is 0 Å². The molecule has 3 aromatic rings. The standard InChI is InChI=1S/C42H50O15/c1-3-42(20-23-54-26-29-57-40(49)34-12-8-31(9-13-34)37(45)46,18-4-21-52-24-27-55-39(48)33-10-6-30(7-11-33)36(43)44)19-5-22-53-25-28-56-41(50)35-16-14-32(15-17-35)38(47)51-2/h6-17H,3-5,18-29H2,1-2H3,(H,43,44)(H,45,46).